The summed E-state index contributed by atoms with van der Waals surface area (Å²) in [5, 5.41) is 9.05. The Labute approximate surface area is 142 Å². The quantitative estimate of drug-likeness (QED) is 0.756. The van der Waals surface area contributed by atoms with Crippen LogP contribution in [0.5, 0.6) is 0 Å². The zero-order valence-electron chi connectivity index (χ0n) is 13.6. The van der Waals surface area contributed by atoms with Crippen LogP contribution in [0, 0.1) is 11.3 Å². The normalized spacial score (nSPS) is 12.7. The highest BCUT2D eigenvalue weighted by Gasteiger charge is 2.12. The molecule has 0 aliphatic rings. The first-order valence-electron chi connectivity index (χ1n) is 7.59. The molecule has 1 atom stereocenters. The molecule has 0 fully saturated rings. The fraction of sp³-hybridized carbons (Fsp3) is 0.222. The third-order valence-corrected chi connectivity index (χ3v) is 4.85. The van der Waals surface area contributed by atoms with E-state index in [4.69, 9.17) is 5.26 Å². The highest BCUT2D eigenvalue weighted by Crippen LogP contribution is 2.17. The minimum absolute atomic E-state index is 0.165. The molecule has 0 radical (unpaired) electrons. The van der Waals surface area contributed by atoms with Crippen molar-refractivity contribution in [3.63, 3.8) is 0 Å². The van der Waals surface area contributed by atoms with Crippen molar-refractivity contribution in [2.75, 3.05) is 11.4 Å². The van der Waals surface area contributed by atoms with Crippen molar-refractivity contribution >= 4 is 21.9 Å². The molecule has 2 aromatic rings. The van der Waals surface area contributed by atoms with Gasteiger partial charge in [0, 0.05) is 18.4 Å². The van der Waals surface area contributed by atoms with Gasteiger partial charge in [-0.15, -0.1) is 0 Å². The summed E-state index contributed by atoms with van der Waals surface area (Å²) in [6.45, 7) is 4.53. The van der Waals surface area contributed by atoms with Crippen molar-refractivity contribution in [2.45, 2.75) is 24.8 Å². The number of sulfonamides is 1. The van der Waals surface area contributed by atoms with E-state index in [1.165, 1.54) is 18.3 Å². The minimum atomic E-state index is -3.69. The van der Waals surface area contributed by atoms with Gasteiger partial charge in [0.1, 0.15) is 6.04 Å². The second-order valence-electron chi connectivity index (χ2n) is 5.21. The van der Waals surface area contributed by atoms with Gasteiger partial charge in [-0.1, -0.05) is 30.3 Å². The van der Waals surface area contributed by atoms with Crippen molar-refractivity contribution in [2.24, 2.45) is 4.40 Å². The first-order valence-corrected chi connectivity index (χ1v) is 9.03. The van der Waals surface area contributed by atoms with Gasteiger partial charge < -0.3 is 4.90 Å². The highest BCUT2D eigenvalue weighted by atomic mass is 32.2. The maximum absolute atomic E-state index is 12.1. The van der Waals surface area contributed by atoms with Crippen LogP contribution in [0.1, 0.15) is 19.4 Å². The van der Waals surface area contributed by atoms with Crippen LogP contribution in [-0.4, -0.2) is 27.2 Å². The summed E-state index contributed by atoms with van der Waals surface area (Å²) in [5.41, 5.74) is 1.59. The van der Waals surface area contributed by atoms with E-state index >= 15 is 0 Å². The molecular formula is C18H19N3O2S. The Hall–Kier alpha value is -2.65. The molecule has 0 aliphatic heterocycles. The minimum Gasteiger partial charge on any atom is -0.356 e. The van der Waals surface area contributed by atoms with Crippen molar-refractivity contribution in [1.29, 1.82) is 5.26 Å². The second kappa shape index (κ2) is 7.75. The average molecular weight is 341 g/mol. The largest absolute Gasteiger partial charge is 0.356 e. The molecule has 0 saturated heterocycles. The molecule has 0 aliphatic carbocycles. The van der Waals surface area contributed by atoms with Gasteiger partial charge in [0.25, 0.3) is 10.0 Å². The van der Waals surface area contributed by atoms with Crippen molar-refractivity contribution in [3.8, 4) is 6.07 Å². The van der Waals surface area contributed by atoms with Gasteiger partial charge in [-0.3, -0.25) is 0 Å². The summed E-state index contributed by atoms with van der Waals surface area (Å²) in [6, 6.07) is 17.4. The standard InChI is InChI=1S/C18H19N3O2S/c1-3-21(15(2)13-19)17-11-9-16(10-12-17)14-20-24(22,23)18-7-5-4-6-8-18/h4-12,14-15H,3H2,1-2H3. The Balaban J connectivity index is 2.19. The summed E-state index contributed by atoms with van der Waals surface area (Å²) in [4.78, 5) is 2.12. The van der Waals surface area contributed by atoms with E-state index in [1.54, 1.807) is 30.3 Å². The number of rotatable bonds is 6. The van der Waals surface area contributed by atoms with E-state index in [2.05, 4.69) is 10.5 Å². The van der Waals surface area contributed by atoms with Crippen molar-refractivity contribution in [3.05, 3.63) is 60.2 Å². The van der Waals surface area contributed by atoms with Gasteiger partial charge in [-0.25, -0.2) is 0 Å². The summed E-state index contributed by atoms with van der Waals surface area (Å²) in [6.07, 6.45) is 1.33. The fourth-order valence-corrected chi connectivity index (χ4v) is 3.17. The molecular weight excluding hydrogens is 322 g/mol. The predicted molar refractivity (Wildman–Crippen MR) is 95.8 cm³/mol. The third-order valence-electron chi connectivity index (χ3n) is 3.60. The lowest BCUT2D eigenvalue weighted by Crippen LogP contribution is -2.31. The van der Waals surface area contributed by atoms with Crippen molar-refractivity contribution < 1.29 is 8.42 Å². The molecule has 24 heavy (non-hydrogen) atoms. The number of hydrogen-bond donors (Lipinski definition) is 0. The molecule has 0 heterocycles. The molecule has 0 amide bonds. The van der Waals surface area contributed by atoms with Gasteiger partial charge in [-0.05, 0) is 43.7 Å². The number of benzene rings is 2. The Morgan fingerprint density at radius 1 is 1.17 bits per heavy atom. The van der Waals surface area contributed by atoms with E-state index in [0.29, 0.717) is 12.1 Å². The second-order valence-corrected chi connectivity index (χ2v) is 6.84. The Kier molecular flexibility index (Phi) is 5.72. The molecule has 5 nitrogen and oxygen atoms in total. The van der Waals surface area contributed by atoms with E-state index in [1.807, 2.05) is 30.9 Å². The number of nitrogens with zero attached hydrogens (tertiary/aromatic N) is 3. The van der Waals surface area contributed by atoms with Gasteiger partial charge in [0.15, 0.2) is 0 Å². The fourth-order valence-electron chi connectivity index (χ4n) is 2.29. The average Bonchev–Trinajstić information content (AvgIpc) is 2.62. The summed E-state index contributed by atoms with van der Waals surface area (Å²) in [7, 11) is -3.69. The summed E-state index contributed by atoms with van der Waals surface area (Å²) in [5.74, 6) is 0. The van der Waals surface area contributed by atoms with E-state index in [-0.39, 0.29) is 10.9 Å². The topological polar surface area (TPSA) is 73.5 Å². The molecule has 1 unspecified atom stereocenters. The zero-order chi connectivity index (χ0) is 17.6. The lowest BCUT2D eigenvalue weighted by atomic mass is 10.2. The Morgan fingerprint density at radius 2 is 1.79 bits per heavy atom. The van der Waals surface area contributed by atoms with Crippen LogP contribution in [0.2, 0.25) is 0 Å². The lowest BCUT2D eigenvalue weighted by molar-refractivity contribution is 0.598. The number of hydrogen-bond acceptors (Lipinski definition) is 4. The third kappa shape index (κ3) is 4.21. The van der Waals surface area contributed by atoms with Crippen LogP contribution in [0.4, 0.5) is 5.69 Å². The van der Waals surface area contributed by atoms with E-state index in [9.17, 15) is 8.42 Å². The maximum Gasteiger partial charge on any atom is 0.282 e. The first-order chi connectivity index (χ1) is 11.5. The molecule has 2 aromatic carbocycles. The molecule has 0 bridgehead atoms. The van der Waals surface area contributed by atoms with Gasteiger partial charge in [-0.2, -0.15) is 18.1 Å². The summed E-state index contributed by atoms with van der Waals surface area (Å²) < 4.78 is 27.9. The smallest absolute Gasteiger partial charge is 0.282 e. The lowest BCUT2D eigenvalue weighted by Gasteiger charge is -2.25. The van der Waals surface area contributed by atoms with Crippen LogP contribution in [0.25, 0.3) is 0 Å². The molecule has 2 rings (SSSR count). The Bertz CT molecular complexity index is 838. The monoisotopic (exact) mass is 341 g/mol. The molecule has 0 spiro atoms. The van der Waals surface area contributed by atoms with Crippen LogP contribution >= 0.6 is 0 Å². The molecule has 0 N–H and O–H groups in total. The predicted octanol–water partition coefficient (Wildman–Crippen LogP) is 3.23. The maximum atomic E-state index is 12.1. The van der Waals surface area contributed by atoms with Gasteiger partial charge in [0.2, 0.25) is 0 Å². The number of anilines is 1. The zero-order valence-corrected chi connectivity index (χ0v) is 14.4. The van der Waals surface area contributed by atoms with Crippen LogP contribution in [0.3, 0.4) is 0 Å². The molecule has 0 aromatic heterocycles. The van der Waals surface area contributed by atoms with E-state index < -0.39 is 10.0 Å². The van der Waals surface area contributed by atoms with Gasteiger partial charge in [0.05, 0.1) is 11.0 Å². The van der Waals surface area contributed by atoms with Crippen LogP contribution in [-0.2, 0) is 10.0 Å². The van der Waals surface area contributed by atoms with Crippen LogP contribution in [0.15, 0.2) is 63.9 Å². The van der Waals surface area contributed by atoms with Crippen LogP contribution < -0.4 is 4.90 Å². The summed E-state index contributed by atoms with van der Waals surface area (Å²) >= 11 is 0. The SMILES string of the molecule is CCN(c1ccc(C=NS(=O)(=O)c2ccccc2)cc1)C(C)C#N. The Morgan fingerprint density at radius 3 is 2.33 bits per heavy atom. The van der Waals surface area contributed by atoms with Crippen molar-refractivity contribution in [1.82, 2.24) is 0 Å². The molecule has 0 saturated carbocycles. The molecule has 6 heteroatoms. The van der Waals surface area contributed by atoms with E-state index in [0.717, 1.165) is 5.69 Å². The molecule has 124 valence electrons. The first kappa shape index (κ1) is 17.7. The number of nitriles is 1. The highest BCUT2D eigenvalue weighted by molar-refractivity contribution is 7.90. The van der Waals surface area contributed by atoms with Gasteiger partial charge >= 0.3 is 0 Å².